The monoisotopic (exact) mass is 728 g/mol. The van der Waals surface area contributed by atoms with Crippen molar-refractivity contribution in [2.75, 3.05) is 0 Å². The smallest absolute Gasteiger partial charge is 0.0872 e. The second kappa shape index (κ2) is 12.0. The van der Waals surface area contributed by atoms with E-state index in [9.17, 15) is 0 Å². The number of benzene rings is 3. The minimum atomic E-state index is 0.451. The van der Waals surface area contributed by atoms with Gasteiger partial charge in [0.25, 0.3) is 0 Å². The largest absolute Gasteiger partial charge is 0.353 e. The van der Waals surface area contributed by atoms with Crippen LogP contribution in [0.15, 0.2) is 130 Å². The molecule has 8 bridgehead atoms. The fourth-order valence-corrected chi connectivity index (χ4v) is 7.77. The van der Waals surface area contributed by atoms with Crippen LogP contribution in [-0.4, -0.2) is 22.1 Å². The Bertz CT molecular complexity index is 2410. The van der Waals surface area contributed by atoms with Crippen LogP contribution in [0.2, 0.25) is 30.1 Å². The van der Waals surface area contributed by atoms with Gasteiger partial charge in [-0.2, -0.15) is 0 Å². The van der Waals surface area contributed by atoms with Crippen LogP contribution in [0.4, 0.5) is 0 Å². The van der Waals surface area contributed by atoms with Crippen molar-refractivity contribution in [2.45, 2.75) is 0 Å². The van der Waals surface area contributed by atoms with Gasteiger partial charge in [0.15, 0.2) is 0 Å². The summed E-state index contributed by atoms with van der Waals surface area (Å²) < 4.78 is 0. The van der Waals surface area contributed by atoms with Crippen molar-refractivity contribution in [2.24, 2.45) is 15.0 Å². The number of hydrogen-bond donors (Lipinski definition) is 1. The van der Waals surface area contributed by atoms with Gasteiger partial charge in [-0.1, -0.05) is 87.8 Å². The molecular formula is C37H18Cl6N4. The van der Waals surface area contributed by atoms with Gasteiger partial charge in [-0.3, -0.25) is 0 Å². The molecule has 10 heteroatoms. The molecule has 4 aliphatic rings. The van der Waals surface area contributed by atoms with E-state index in [2.05, 4.69) is 4.98 Å². The average molecular weight is 731 g/mol. The summed E-state index contributed by atoms with van der Waals surface area (Å²) in [5.41, 5.74) is 7.71. The van der Waals surface area contributed by atoms with Crippen molar-refractivity contribution in [3.63, 3.8) is 0 Å². The molecule has 1 aromatic heterocycles. The van der Waals surface area contributed by atoms with E-state index >= 15 is 0 Å². The summed E-state index contributed by atoms with van der Waals surface area (Å²) in [6, 6.07) is 20.1. The van der Waals surface area contributed by atoms with Crippen molar-refractivity contribution in [1.82, 2.24) is 4.98 Å². The van der Waals surface area contributed by atoms with Crippen LogP contribution in [0, 0.1) is 0 Å². The molecule has 0 saturated heterocycles. The Kier molecular flexibility index (Phi) is 7.76. The molecule has 0 amide bonds. The van der Waals surface area contributed by atoms with Crippen LogP contribution in [-0.2, 0) is 0 Å². The van der Waals surface area contributed by atoms with E-state index in [0.29, 0.717) is 92.2 Å². The van der Waals surface area contributed by atoms with Crippen LogP contribution in [0.25, 0.3) is 22.4 Å². The van der Waals surface area contributed by atoms with Gasteiger partial charge in [0.2, 0.25) is 0 Å². The standard InChI is InChI=1S/C37H18Cl6N4/c38-18-4-1-5-19(39)32(18)35-26-12-10-24(44-26)25-11-13-27(45-25)36(33-20(40)6-2-7-21(33)41)29-15-17-31(47-29)37(30-16-14-28(35)46-30)34-22(42)8-3-9-23(34)43/h1-17,44H. The number of fused-ring (bicyclic) bond motifs is 5. The minimum absolute atomic E-state index is 0.451. The molecule has 0 saturated carbocycles. The number of nitrogens with zero attached hydrogens (tertiary/aromatic N) is 3. The number of aromatic nitrogens is 1. The number of aromatic amines is 1. The molecular weight excluding hydrogens is 713 g/mol. The van der Waals surface area contributed by atoms with Gasteiger partial charge in [0.05, 0.1) is 69.7 Å². The van der Waals surface area contributed by atoms with Gasteiger partial charge >= 0.3 is 0 Å². The third-order valence-electron chi connectivity index (χ3n) is 8.07. The molecule has 1 N–H and O–H groups in total. The van der Waals surface area contributed by atoms with E-state index in [1.165, 1.54) is 0 Å². The summed E-state index contributed by atoms with van der Waals surface area (Å²) in [4.78, 5) is 18.9. The van der Waals surface area contributed by atoms with Crippen LogP contribution in [0.3, 0.4) is 0 Å². The van der Waals surface area contributed by atoms with Gasteiger partial charge in [-0.05, 0) is 85.0 Å². The molecule has 0 aliphatic carbocycles. The van der Waals surface area contributed by atoms with Gasteiger partial charge < -0.3 is 4.98 Å². The van der Waals surface area contributed by atoms with E-state index in [-0.39, 0.29) is 0 Å². The fourth-order valence-electron chi connectivity index (χ4n) is 6.01. The van der Waals surface area contributed by atoms with E-state index in [1.807, 2.05) is 54.7 Å². The lowest BCUT2D eigenvalue weighted by atomic mass is 9.98. The van der Waals surface area contributed by atoms with E-state index < -0.39 is 0 Å². The van der Waals surface area contributed by atoms with Crippen molar-refractivity contribution >= 4 is 109 Å². The molecule has 0 atom stereocenters. The summed E-state index contributed by atoms with van der Waals surface area (Å²) >= 11 is 40.9. The first-order chi connectivity index (χ1) is 22.8. The predicted molar refractivity (Wildman–Crippen MR) is 199 cm³/mol. The number of nitrogens with one attached hydrogen (secondary N) is 1. The quantitative estimate of drug-likeness (QED) is 0.218. The lowest BCUT2D eigenvalue weighted by Gasteiger charge is -2.14. The van der Waals surface area contributed by atoms with Crippen molar-refractivity contribution in [3.8, 4) is 0 Å². The van der Waals surface area contributed by atoms with E-state index in [1.54, 1.807) is 48.5 Å². The first-order valence-electron chi connectivity index (χ1n) is 14.4. The molecule has 0 radical (unpaired) electrons. The first kappa shape index (κ1) is 30.5. The minimum Gasteiger partial charge on any atom is -0.353 e. The molecule has 0 unspecified atom stereocenters. The topological polar surface area (TPSA) is 52.9 Å². The Balaban J connectivity index is 1.53. The number of halogens is 6. The number of allylic oxidation sites excluding steroid dienone is 7. The highest BCUT2D eigenvalue weighted by molar-refractivity contribution is 6.46. The molecule has 0 spiro atoms. The summed E-state index contributed by atoms with van der Waals surface area (Å²) in [5.74, 6) is 0. The Morgan fingerprint density at radius 3 is 1.15 bits per heavy atom. The maximum Gasteiger partial charge on any atom is 0.0872 e. The third-order valence-corrected chi connectivity index (χ3v) is 9.96. The fraction of sp³-hybridized carbons (Fsp3) is 0. The second-order valence-electron chi connectivity index (χ2n) is 10.8. The molecule has 228 valence electrons. The maximum absolute atomic E-state index is 6.85. The van der Waals surface area contributed by atoms with Gasteiger partial charge in [0, 0.05) is 38.8 Å². The Labute approximate surface area is 299 Å². The highest BCUT2D eigenvalue weighted by Gasteiger charge is 2.28. The predicted octanol–water partition coefficient (Wildman–Crippen LogP) is 10.1. The van der Waals surface area contributed by atoms with Crippen LogP contribution in [0.1, 0.15) is 16.7 Å². The summed E-state index contributed by atoms with van der Waals surface area (Å²) in [5, 5.41) is 4.34. The third kappa shape index (κ3) is 5.21. The second-order valence-corrected chi connectivity index (χ2v) is 13.3. The Morgan fingerprint density at radius 2 is 0.702 bits per heavy atom. The van der Waals surface area contributed by atoms with E-state index in [4.69, 9.17) is 84.6 Å². The number of H-pyrrole nitrogens is 1. The zero-order chi connectivity index (χ0) is 32.4. The molecule has 4 aromatic rings. The zero-order valence-corrected chi connectivity index (χ0v) is 28.5. The Morgan fingerprint density at radius 1 is 0.362 bits per heavy atom. The molecule has 5 heterocycles. The van der Waals surface area contributed by atoms with Gasteiger partial charge in [0.1, 0.15) is 0 Å². The molecule has 4 aliphatic heterocycles. The van der Waals surface area contributed by atoms with Gasteiger partial charge in [-0.25, -0.2) is 15.0 Å². The molecule has 4 nitrogen and oxygen atoms in total. The lowest BCUT2D eigenvalue weighted by molar-refractivity contribution is 1.24. The van der Waals surface area contributed by atoms with Crippen LogP contribution in [0.5, 0.6) is 0 Å². The van der Waals surface area contributed by atoms with Gasteiger partial charge in [-0.15, -0.1) is 0 Å². The SMILES string of the molecule is Clc1cccc(Cl)c1C1=C2C=CC(=N2)C(c2c(Cl)cccc2Cl)=C2C=CC(=N2)C(c2c(Cl)cccc2Cl)=c2ccc([nH]2)=C2C=CC1=N2. The zero-order valence-electron chi connectivity index (χ0n) is 23.9. The van der Waals surface area contributed by atoms with Crippen molar-refractivity contribution in [1.29, 1.82) is 0 Å². The first-order valence-corrected chi connectivity index (χ1v) is 16.6. The van der Waals surface area contributed by atoms with Crippen molar-refractivity contribution in [3.05, 3.63) is 172 Å². The van der Waals surface area contributed by atoms with E-state index in [0.717, 1.165) is 16.3 Å². The highest BCUT2D eigenvalue weighted by Crippen LogP contribution is 2.42. The summed E-state index contributed by atoms with van der Waals surface area (Å²) in [6.45, 7) is 0. The van der Waals surface area contributed by atoms with Crippen LogP contribution >= 0.6 is 69.6 Å². The van der Waals surface area contributed by atoms with Crippen LogP contribution < -0.4 is 10.7 Å². The normalized spacial score (nSPS) is 16.6. The highest BCUT2D eigenvalue weighted by atomic mass is 35.5. The molecule has 0 fully saturated rings. The van der Waals surface area contributed by atoms with Crippen molar-refractivity contribution < 1.29 is 0 Å². The summed E-state index contributed by atoms with van der Waals surface area (Å²) in [6.07, 6.45) is 11.5. The molecule has 8 rings (SSSR count). The Hall–Kier alpha value is -3.87. The average Bonchev–Trinajstić information content (AvgIpc) is 3.86. The molecule has 47 heavy (non-hydrogen) atoms. The number of rotatable bonds is 3. The number of hydrogen-bond acceptors (Lipinski definition) is 3. The maximum atomic E-state index is 6.85. The number of aliphatic imine (C=N–C) groups is 3. The lowest BCUT2D eigenvalue weighted by Crippen LogP contribution is -2.18. The molecule has 3 aromatic carbocycles. The summed E-state index contributed by atoms with van der Waals surface area (Å²) in [7, 11) is 0.